The van der Waals surface area contributed by atoms with Crippen molar-refractivity contribution in [3.63, 3.8) is 0 Å². The molecule has 0 aromatic heterocycles. The van der Waals surface area contributed by atoms with Crippen molar-refractivity contribution >= 4 is 11.9 Å². The minimum Gasteiger partial charge on any atom is -0.381 e. The van der Waals surface area contributed by atoms with Crippen molar-refractivity contribution in [2.45, 2.75) is 38.5 Å². The minimum absolute atomic E-state index is 0.255. The summed E-state index contributed by atoms with van der Waals surface area (Å²) in [6.07, 6.45) is 6.57. The molecule has 3 aliphatic rings. The lowest BCUT2D eigenvalue weighted by molar-refractivity contribution is -0.138. The molecule has 1 atom stereocenters. The van der Waals surface area contributed by atoms with E-state index in [0.29, 0.717) is 12.0 Å². The van der Waals surface area contributed by atoms with Gasteiger partial charge in [-0.1, -0.05) is 12.8 Å². The summed E-state index contributed by atoms with van der Waals surface area (Å²) in [7, 11) is 5.57. The number of nitrogens with one attached hydrogen (secondary N) is 1. The molecule has 2 aliphatic heterocycles. The molecule has 3 fully saturated rings. The fraction of sp³-hybridized carbons (Fsp3) is 0.889. The lowest BCUT2D eigenvalue weighted by atomic mass is 9.84. The van der Waals surface area contributed by atoms with Crippen LogP contribution in [0.4, 0.5) is 0 Å². The van der Waals surface area contributed by atoms with Gasteiger partial charge in [-0.2, -0.15) is 0 Å². The zero-order chi connectivity index (χ0) is 17.2. The largest absolute Gasteiger partial charge is 0.381 e. The number of nitrogens with zero attached hydrogens (tertiary/aromatic N) is 3. The van der Waals surface area contributed by atoms with E-state index in [9.17, 15) is 4.79 Å². The standard InChI is InChI=1S/C18H32N4O2/c1-19-16(22-10-8-17(13-22)9-11-24-14-17)20-12-18(6-4-5-7-18)15(23)21(2)3/h4-14H2,1-3H3,(H,19,20). The van der Waals surface area contributed by atoms with E-state index in [1.54, 1.807) is 4.90 Å². The molecular weight excluding hydrogens is 304 g/mol. The van der Waals surface area contributed by atoms with E-state index in [-0.39, 0.29) is 11.3 Å². The Hall–Kier alpha value is -1.30. The average Bonchev–Trinajstić information content (AvgIpc) is 3.31. The van der Waals surface area contributed by atoms with Gasteiger partial charge in [0.25, 0.3) is 0 Å². The van der Waals surface area contributed by atoms with Gasteiger partial charge in [-0.3, -0.25) is 9.79 Å². The molecule has 2 heterocycles. The first-order valence-electron chi connectivity index (χ1n) is 9.25. The molecular formula is C18H32N4O2. The minimum atomic E-state index is -0.257. The van der Waals surface area contributed by atoms with Crippen molar-refractivity contribution in [1.82, 2.24) is 15.1 Å². The maximum atomic E-state index is 12.7. The number of ether oxygens (including phenoxy) is 1. The van der Waals surface area contributed by atoms with E-state index in [4.69, 9.17) is 4.74 Å². The zero-order valence-electron chi connectivity index (χ0n) is 15.4. The zero-order valence-corrected chi connectivity index (χ0v) is 15.4. The highest BCUT2D eigenvalue weighted by atomic mass is 16.5. The molecule has 0 bridgehead atoms. The number of hydrogen-bond acceptors (Lipinski definition) is 3. The smallest absolute Gasteiger partial charge is 0.230 e. The number of rotatable bonds is 3. The van der Waals surface area contributed by atoms with Crippen LogP contribution in [0.15, 0.2) is 4.99 Å². The quantitative estimate of drug-likeness (QED) is 0.624. The molecule has 6 nitrogen and oxygen atoms in total. The summed E-state index contributed by atoms with van der Waals surface area (Å²) in [6, 6.07) is 0. The third-order valence-electron chi connectivity index (χ3n) is 6.14. The van der Waals surface area contributed by atoms with Gasteiger partial charge in [0.1, 0.15) is 0 Å². The molecule has 0 aromatic carbocycles. The van der Waals surface area contributed by atoms with E-state index >= 15 is 0 Å². The number of guanidine groups is 1. The van der Waals surface area contributed by atoms with Crippen molar-refractivity contribution in [2.75, 3.05) is 54.0 Å². The van der Waals surface area contributed by atoms with Gasteiger partial charge in [0.2, 0.25) is 5.91 Å². The van der Waals surface area contributed by atoms with Crippen LogP contribution in [0.1, 0.15) is 38.5 Å². The highest BCUT2D eigenvalue weighted by molar-refractivity contribution is 5.85. The molecule has 24 heavy (non-hydrogen) atoms. The van der Waals surface area contributed by atoms with Gasteiger partial charge in [0.15, 0.2) is 5.96 Å². The summed E-state index contributed by atoms with van der Waals surface area (Å²) in [5.41, 5.74) is 0.0649. The third-order valence-corrected chi connectivity index (χ3v) is 6.14. The fourth-order valence-electron chi connectivity index (χ4n) is 4.66. The molecule has 1 saturated carbocycles. The maximum absolute atomic E-state index is 12.7. The molecule has 1 N–H and O–H groups in total. The van der Waals surface area contributed by atoms with Crippen LogP contribution in [0.2, 0.25) is 0 Å². The predicted octanol–water partition coefficient (Wildman–Crippen LogP) is 1.32. The Morgan fingerprint density at radius 3 is 2.58 bits per heavy atom. The van der Waals surface area contributed by atoms with Crippen LogP contribution < -0.4 is 5.32 Å². The second-order valence-corrected chi connectivity index (χ2v) is 8.06. The summed E-state index contributed by atoms with van der Waals surface area (Å²) in [6.45, 7) is 4.50. The second kappa shape index (κ2) is 6.90. The number of aliphatic imine (C=N–C) groups is 1. The number of likely N-dealkylation sites (tertiary alicyclic amines) is 1. The van der Waals surface area contributed by atoms with Crippen molar-refractivity contribution in [1.29, 1.82) is 0 Å². The van der Waals surface area contributed by atoms with Gasteiger partial charge >= 0.3 is 0 Å². The molecule has 1 unspecified atom stereocenters. The van der Waals surface area contributed by atoms with E-state index in [2.05, 4.69) is 15.2 Å². The number of carbonyl (C=O) groups excluding carboxylic acids is 1. The van der Waals surface area contributed by atoms with Crippen molar-refractivity contribution in [2.24, 2.45) is 15.8 Å². The normalized spacial score (nSPS) is 29.5. The van der Waals surface area contributed by atoms with Gasteiger partial charge in [0, 0.05) is 52.8 Å². The Morgan fingerprint density at radius 2 is 2.00 bits per heavy atom. The number of hydrogen-bond donors (Lipinski definition) is 1. The molecule has 0 aromatic rings. The first-order chi connectivity index (χ1) is 11.5. The van der Waals surface area contributed by atoms with Crippen LogP contribution >= 0.6 is 0 Å². The lowest BCUT2D eigenvalue weighted by Gasteiger charge is -2.33. The van der Waals surface area contributed by atoms with Gasteiger partial charge in [-0.05, 0) is 25.7 Å². The summed E-state index contributed by atoms with van der Waals surface area (Å²) < 4.78 is 5.62. The van der Waals surface area contributed by atoms with Crippen LogP contribution in [0, 0.1) is 10.8 Å². The van der Waals surface area contributed by atoms with Gasteiger partial charge in [0.05, 0.1) is 12.0 Å². The molecule has 2 saturated heterocycles. The highest BCUT2D eigenvalue weighted by Gasteiger charge is 2.44. The van der Waals surface area contributed by atoms with E-state index in [1.807, 2.05) is 21.1 Å². The van der Waals surface area contributed by atoms with Gasteiger partial charge in [-0.25, -0.2) is 0 Å². The molecule has 1 aliphatic carbocycles. The van der Waals surface area contributed by atoms with Crippen molar-refractivity contribution in [3.05, 3.63) is 0 Å². The van der Waals surface area contributed by atoms with Crippen LogP contribution in [-0.4, -0.2) is 75.7 Å². The highest BCUT2D eigenvalue weighted by Crippen LogP contribution is 2.40. The predicted molar refractivity (Wildman–Crippen MR) is 95.0 cm³/mol. The molecule has 136 valence electrons. The van der Waals surface area contributed by atoms with Crippen LogP contribution in [0.25, 0.3) is 0 Å². The molecule has 0 radical (unpaired) electrons. The van der Waals surface area contributed by atoms with Crippen molar-refractivity contribution < 1.29 is 9.53 Å². The average molecular weight is 336 g/mol. The van der Waals surface area contributed by atoms with Gasteiger partial charge in [-0.15, -0.1) is 0 Å². The summed E-state index contributed by atoms with van der Waals surface area (Å²) in [5.74, 6) is 1.20. The Labute approximate surface area is 145 Å². The SMILES string of the molecule is CN=C(NCC1(C(=O)N(C)C)CCCC1)N1CCC2(CCOC2)C1. The summed E-state index contributed by atoms with van der Waals surface area (Å²) in [5, 5.41) is 3.52. The Balaban J connectivity index is 1.62. The van der Waals surface area contributed by atoms with Crippen LogP contribution in [-0.2, 0) is 9.53 Å². The molecule has 1 amide bonds. The van der Waals surface area contributed by atoms with Gasteiger partial charge < -0.3 is 19.9 Å². The Bertz CT molecular complexity index is 491. The molecule has 6 heteroatoms. The first kappa shape index (κ1) is 17.5. The monoisotopic (exact) mass is 336 g/mol. The topological polar surface area (TPSA) is 57.2 Å². The molecule has 1 spiro atoms. The Kier molecular flexibility index (Phi) is 5.04. The van der Waals surface area contributed by atoms with E-state index in [1.165, 1.54) is 6.42 Å². The first-order valence-corrected chi connectivity index (χ1v) is 9.25. The van der Waals surface area contributed by atoms with Crippen LogP contribution in [0.3, 0.4) is 0 Å². The number of carbonyl (C=O) groups is 1. The Morgan fingerprint density at radius 1 is 1.25 bits per heavy atom. The fourth-order valence-corrected chi connectivity index (χ4v) is 4.66. The number of amides is 1. The third kappa shape index (κ3) is 3.25. The van der Waals surface area contributed by atoms with Crippen LogP contribution in [0.5, 0.6) is 0 Å². The van der Waals surface area contributed by atoms with Crippen molar-refractivity contribution in [3.8, 4) is 0 Å². The van der Waals surface area contributed by atoms with E-state index in [0.717, 1.165) is 64.4 Å². The maximum Gasteiger partial charge on any atom is 0.230 e. The second-order valence-electron chi connectivity index (χ2n) is 8.06. The summed E-state index contributed by atoms with van der Waals surface area (Å²) >= 11 is 0. The lowest BCUT2D eigenvalue weighted by Crippen LogP contribution is -2.50. The molecule has 3 rings (SSSR count). The van der Waals surface area contributed by atoms with E-state index < -0.39 is 0 Å². The summed E-state index contributed by atoms with van der Waals surface area (Å²) in [4.78, 5) is 21.3.